The largest absolute Gasteiger partial charge is 0.348 e. The second-order valence-electron chi connectivity index (χ2n) is 4.96. The van der Waals surface area contributed by atoms with Gasteiger partial charge in [-0.3, -0.25) is 4.79 Å². The molecule has 0 bridgehead atoms. The van der Waals surface area contributed by atoms with Crippen molar-refractivity contribution in [2.24, 2.45) is 0 Å². The summed E-state index contributed by atoms with van der Waals surface area (Å²) in [7, 11) is 0. The highest BCUT2D eigenvalue weighted by atomic mass is 35.5. The summed E-state index contributed by atoms with van der Waals surface area (Å²) < 4.78 is 0. The van der Waals surface area contributed by atoms with E-state index in [0.29, 0.717) is 22.3 Å². The van der Waals surface area contributed by atoms with Crippen LogP contribution in [0.5, 0.6) is 0 Å². The summed E-state index contributed by atoms with van der Waals surface area (Å²) in [5, 5.41) is 4.56. The Kier molecular flexibility index (Phi) is 3.38. The molecule has 0 radical (unpaired) electrons. The molecule has 1 aliphatic rings. The topological polar surface area (TPSA) is 42.0 Å². The third-order valence-corrected chi connectivity index (χ3v) is 3.90. The molecule has 1 fully saturated rings. The Balaban J connectivity index is 1.87. The van der Waals surface area contributed by atoms with Crippen LogP contribution in [0.2, 0.25) is 5.02 Å². The summed E-state index contributed by atoms with van der Waals surface area (Å²) in [5.74, 6) is -0.103. The highest BCUT2D eigenvalue weighted by Crippen LogP contribution is 2.22. The van der Waals surface area contributed by atoms with Crippen LogP contribution < -0.4 is 5.32 Å². The first-order valence-corrected chi connectivity index (χ1v) is 6.98. The second-order valence-corrected chi connectivity index (χ2v) is 5.37. The van der Waals surface area contributed by atoms with Crippen molar-refractivity contribution in [1.29, 1.82) is 0 Å². The molecule has 1 aromatic heterocycles. The number of para-hydroxylation sites is 1. The first-order valence-electron chi connectivity index (χ1n) is 6.60. The molecule has 4 heteroatoms. The monoisotopic (exact) mass is 274 g/mol. The van der Waals surface area contributed by atoms with Crippen LogP contribution in [0, 0.1) is 0 Å². The minimum absolute atomic E-state index is 0.103. The van der Waals surface area contributed by atoms with E-state index in [9.17, 15) is 4.79 Å². The molecule has 2 aromatic rings. The Morgan fingerprint density at radius 2 is 2.00 bits per heavy atom. The summed E-state index contributed by atoms with van der Waals surface area (Å²) >= 11 is 6.11. The average molecular weight is 275 g/mol. The number of carbonyl (C=O) groups is 1. The lowest BCUT2D eigenvalue weighted by Crippen LogP contribution is -2.33. The fourth-order valence-corrected chi connectivity index (χ4v) is 2.79. The van der Waals surface area contributed by atoms with Gasteiger partial charge < -0.3 is 5.32 Å². The van der Waals surface area contributed by atoms with E-state index in [2.05, 4.69) is 10.3 Å². The molecule has 1 heterocycles. The summed E-state index contributed by atoms with van der Waals surface area (Å²) in [6, 6.07) is 9.55. The van der Waals surface area contributed by atoms with Crippen molar-refractivity contribution in [1.82, 2.24) is 10.3 Å². The number of carbonyl (C=O) groups excluding carboxylic acids is 1. The van der Waals surface area contributed by atoms with Crippen LogP contribution in [0.4, 0.5) is 0 Å². The normalized spacial score (nSPS) is 15.8. The Morgan fingerprint density at radius 1 is 1.21 bits per heavy atom. The van der Waals surface area contributed by atoms with E-state index in [1.54, 1.807) is 12.1 Å². The molecule has 3 rings (SSSR count). The van der Waals surface area contributed by atoms with Crippen molar-refractivity contribution >= 4 is 28.4 Å². The van der Waals surface area contributed by atoms with Gasteiger partial charge in [0.15, 0.2) is 0 Å². The van der Waals surface area contributed by atoms with Crippen molar-refractivity contribution in [3.05, 3.63) is 41.0 Å². The molecule has 0 atom stereocenters. The summed E-state index contributed by atoms with van der Waals surface area (Å²) in [4.78, 5) is 16.5. The van der Waals surface area contributed by atoms with Crippen LogP contribution >= 0.6 is 11.6 Å². The molecule has 98 valence electrons. The Hall–Kier alpha value is -1.61. The lowest BCUT2D eigenvalue weighted by molar-refractivity contribution is 0.0933. The van der Waals surface area contributed by atoms with Gasteiger partial charge in [-0.1, -0.05) is 42.6 Å². The molecular formula is C15H15ClN2O. The van der Waals surface area contributed by atoms with E-state index in [-0.39, 0.29) is 5.91 Å². The SMILES string of the molecule is O=C(NC1CCCC1)c1ccc2cccc(Cl)c2n1. The van der Waals surface area contributed by atoms with Crippen LogP contribution in [-0.2, 0) is 0 Å². The van der Waals surface area contributed by atoms with Gasteiger partial charge in [0.1, 0.15) is 5.69 Å². The van der Waals surface area contributed by atoms with E-state index >= 15 is 0 Å². The smallest absolute Gasteiger partial charge is 0.270 e. The number of halogens is 1. The van der Waals surface area contributed by atoms with Crippen LogP contribution in [0.25, 0.3) is 10.9 Å². The number of fused-ring (bicyclic) bond motifs is 1. The minimum atomic E-state index is -0.103. The number of rotatable bonds is 2. The molecular weight excluding hydrogens is 260 g/mol. The van der Waals surface area contributed by atoms with Crippen LogP contribution in [0.15, 0.2) is 30.3 Å². The molecule has 19 heavy (non-hydrogen) atoms. The predicted molar refractivity (Wildman–Crippen MR) is 76.5 cm³/mol. The number of benzene rings is 1. The number of nitrogens with one attached hydrogen (secondary N) is 1. The van der Waals surface area contributed by atoms with E-state index < -0.39 is 0 Å². The highest BCUT2D eigenvalue weighted by Gasteiger charge is 2.18. The van der Waals surface area contributed by atoms with E-state index in [1.165, 1.54) is 12.8 Å². The third-order valence-electron chi connectivity index (χ3n) is 3.59. The molecule has 1 aromatic carbocycles. The maximum absolute atomic E-state index is 12.1. The van der Waals surface area contributed by atoms with Crippen molar-refractivity contribution in [2.75, 3.05) is 0 Å². The highest BCUT2D eigenvalue weighted by molar-refractivity contribution is 6.35. The van der Waals surface area contributed by atoms with Crippen molar-refractivity contribution in [3.8, 4) is 0 Å². The number of nitrogens with zero attached hydrogens (tertiary/aromatic N) is 1. The molecule has 0 aliphatic heterocycles. The van der Waals surface area contributed by atoms with Crippen LogP contribution in [-0.4, -0.2) is 16.9 Å². The first kappa shape index (κ1) is 12.4. The Bertz CT molecular complexity index is 621. The zero-order valence-electron chi connectivity index (χ0n) is 10.5. The van der Waals surface area contributed by atoms with Crippen molar-refractivity contribution in [2.45, 2.75) is 31.7 Å². The quantitative estimate of drug-likeness (QED) is 0.910. The molecule has 0 unspecified atom stereocenters. The van der Waals surface area contributed by atoms with Gasteiger partial charge in [-0.25, -0.2) is 4.98 Å². The zero-order chi connectivity index (χ0) is 13.2. The van der Waals surface area contributed by atoms with Gasteiger partial charge in [0.05, 0.1) is 10.5 Å². The number of hydrogen-bond acceptors (Lipinski definition) is 2. The van der Waals surface area contributed by atoms with Gasteiger partial charge in [-0.15, -0.1) is 0 Å². The number of hydrogen-bond donors (Lipinski definition) is 1. The summed E-state index contributed by atoms with van der Waals surface area (Å²) in [6.07, 6.45) is 4.53. The second kappa shape index (κ2) is 5.17. The van der Waals surface area contributed by atoms with Crippen molar-refractivity contribution in [3.63, 3.8) is 0 Å². The molecule has 3 nitrogen and oxygen atoms in total. The number of amides is 1. The van der Waals surface area contributed by atoms with Gasteiger partial charge in [0.2, 0.25) is 0 Å². The molecule has 1 aliphatic carbocycles. The molecule has 1 N–H and O–H groups in total. The summed E-state index contributed by atoms with van der Waals surface area (Å²) in [6.45, 7) is 0. The first-order chi connectivity index (χ1) is 9.24. The van der Waals surface area contributed by atoms with E-state index in [0.717, 1.165) is 18.2 Å². The Labute approximate surface area is 117 Å². The van der Waals surface area contributed by atoms with Gasteiger partial charge in [-0.2, -0.15) is 0 Å². The van der Waals surface area contributed by atoms with Gasteiger partial charge in [0.25, 0.3) is 5.91 Å². The van der Waals surface area contributed by atoms with E-state index in [1.807, 2.05) is 18.2 Å². The predicted octanol–water partition coefficient (Wildman–Crippen LogP) is 3.56. The molecule has 0 spiro atoms. The van der Waals surface area contributed by atoms with Gasteiger partial charge in [0, 0.05) is 11.4 Å². The fraction of sp³-hybridized carbons (Fsp3) is 0.333. The van der Waals surface area contributed by atoms with Gasteiger partial charge in [-0.05, 0) is 25.0 Å². The lowest BCUT2D eigenvalue weighted by Gasteiger charge is -2.11. The van der Waals surface area contributed by atoms with Crippen LogP contribution in [0.1, 0.15) is 36.2 Å². The standard InChI is InChI=1S/C15H15ClN2O/c16-12-7-3-4-10-8-9-13(18-14(10)12)15(19)17-11-5-1-2-6-11/h3-4,7-9,11H,1-2,5-6H2,(H,17,19). The Morgan fingerprint density at radius 3 is 2.79 bits per heavy atom. The maximum atomic E-state index is 12.1. The average Bonchev–Trinajstić information content (AvgIpc) is 2.92. The maximum Gasteiger partial charge on any atom is 0.270 e. The molecule has 0 saturated heterocycles. The third kappa shape index (κ3) is 2.56. The van der Waals surface area contributed by atoms with Crippen molar-refractivity contribution < 1.29 is 4.79 Å². The summed E-state index contributed by atoms with van der Waals surface area (Å²) in [5.41, 5.74) is 1.12. The van der Waals surface area contributed by atoms with E-state index in [4.69, 9.17) is 11.6 Å². The van der Waals surface area contributed by atoms with Gasteiger partial charge >= 0.3 is 0 Å². The molecule has 1 saturated carbocycles. The number of pyridine rings is 1. The van der Waals surface area contributed by atoms with Crippen LogP contribution in [0.3, 0.4) is 0 Å². The minimum Gasteiger partial charge on any atom is -0.348 e. The number of aromatic nitrogens is 1. The fourth-order valence-electron chi connectivity index (χ4n) is 2.57. The zero-order valence-corrected chi connectivity index (χ0v) is 11.3. The molecule has 1 amide bonds. The lowest BCUT2D eigenvalue weighted by atomic mass is 10.2.